The monoisotopic (exact) mass is 396 g/mol. The quantitative estimate of drug-likeness (QED) is 0.543. The van der Waals surface area contributed by atoms with Gasteiger partial charge < -0.3 is 14.8 Å². The van der Waals surface area contributed by atoms with E-state index in [4.69, 9.17) is 9.47 Å². The number of hydrogen-bond acceptors (Lipinski definition) is 6. The van der Waals surface area contributed by atoms with Crippen LogP contribution in [-0.2, 0) is 23.9 Å². The second-order valence-corrected chi connectivity index (χ2v) is 6.34. The molecule has 29 heavy (non-hydrogen) atoms. The van der Waals surface area contributed by atoms with Gasteiger partial charge in [-0.1, -0.05) is 24.3 Å². The van der Waals surface area contributed by atoms with E-state index in [-0.39, 0.29) is 37.6 Å². The number of imide groups is 1. The molecule has 0 bridgehead atoms. The summed E-state index contributed by atoms with van der Waals surface area (Å²) in [6.07, 6.45) is 0.192. The van der Waals surface area contributed by atoms with Crippen LogP contribution in [-0.4, -0.2) is 41.7 Å². The van der Waals surface area contributed by atoms with Gasteiger partial charge in [0.25, 0.3) is 5.91 Å². The van der Waals surface area contributed by atoms with Crippen LogP contribution in [0.2, 0.25) is 0 Å². The van der Waals surface area contributed by atoms with Gasteiger partial charge in [0.2, 0.25) is 11.8 Å². The van der Waals surface area contributed by atoms with Crippen molar-refractivity contribution in [1.82, 2.24) is 4.90 Å². The van der Waals surface area contributed by atoms with Crippen LogP contribution in [0.1, 0.15) is 19.3 Å². The smallest absolute Gasteiger partial charge is 0.308 e. The molecule has 0 unspecified atom stereocenters. The lowest BCUT2D eigenvalue weighted by molar-refractivity contribution is -0.148. The summed E-state index contributed by atoms with van der Waals surface area (Å²) in [5.41, 5.74) is 0.493. The van der Waals surface area contributed by atoms with Crippen molar-refractivity contribution < 1.29 is 28.7 Å². The van der Waals surface area contributed by atoms with E-state index < -0.39 is 18.5 Å². The number of anilines is 1. The Morgan fingerprint density at radius 1 is 0.931 bits per heavy atom. The van der Waals surface area contributed by atoms with Crippen LogP contribution >= 0.6 is 0 Å². The number of esters is 1. The fraction of sp³-hybridized carbons (Fsp3) is 0.238. The van der Waals surface area contributed by atoms with Crippen molar-refractivity contribution in [3.05, 3.63) is 54.6 Å². The molecule has 1 aliphatic rings. The van der Waals surface area contributed by atoms with Gasteiger partial charge in [-0.15, -0.1) is 0 Å². The molecule has 0 radical (unpaired) electrons. The van der Waals surface area contributed by atoms with Gasteiger partial charge in [0.15, 0.2) is 6.61 Å². The van der Waals surface area contributed by atoms with E-state index >= 15 is 0 Å². The maximum absolute atomic E-state index is 12.0. The van der Waals surface area contributed by atoms with Crippen molar-refractivity contribution in [3.8, 4) is 11.5 Å². The molecule has 1 saturated heterocycles. The highest BCUT2D eigenvalue weighted by atomic mass is 16.5. The average Bonchev–Trinajstić information content (AvgIpc) is 3.03. The fourth-order valence-corrected chi connectivity index (χ4v) is 2.75. The van der Waals surface area contributed by atoms with Crippen molar-refractivity contribution in [3.63, 3.8) is 0 Å². The van der Waals surface area contributed by atoms with Gasteiger partial charge >= 0.3 is 5.97 Å². The summed E-state index contributed by atoms with van der Waals surface area (Å²) >= 11 is 0. The number of benzene rings is 2. The van der Waals surface area contributed by atoms with Gasteiger partial charge in [0.05, 0.1) is 6.42 Å². The minimum Gasteiger partial charge on any atom is -0.457 e. The highest BCUT2D eigenvalue weighted by Crippen LogP contribution is 2.23. The van der Waals surface area contributed by atoms with Crippen molar-refractivity contribution in [2.24, 2.45) is 0 Å². The molecule has 0 saturated carbocycles. The maximum atomic E-state index is 12.0. The Balaban J connectivity index is 1.43. The summed E-state index contributed by atoms with van der Waals surface area (Å²) in [4.78, 5) is 47.8. The first kappa shape index (κ1) is 20.1. The number of hydrogen-bond donors (Lipinski definition) is 1. The topological polar surface area (TPSA) is 102 Å². The van der Waals surface area contributed by atoms with Gasteiger partial charge in [-0.05, 0) is 24.3 Å². The highest BCUT2D eigenvalue weighted by Gasteiger charge is 2.29. The zero-order valence-corrected chi connectivity index (χ0v) is 15.6. The number of carbonyl (C=O) groups is 4. The lowest BCUT2D eigenvalue weighted by atomic mass is 10.3. The third-order valence-corrected chi connectivity index (χ3v) is 4.16. The zero-order valence-electron chi connectivity index (χ0n) is 15.6. The van der Waals surface area contributed by atoms with Crippen LogP contribution in [0.4, 0.5) is 5.69 Å². The van der Waals surface area contributed by atoms with E-state index in [0.717, 1.165) is 4.90 Å². The van der Waals surface area contributed by atoms with E-state index in [1.165, 1.54) is 0 Å². The van der Waals surface area contributed by atoms with E-state index in [1.54, 1.807) is 24.3 Å². The first-order valence-corrected chi connectivity index (χ1v) is 9.13. The molecule has 8 nitrogen and oxygen atoms in total. The van der Waals surface area contributed by atoms with E-state index in [1.807, 2.05) is 30.3 Å². The average molecular weight is 396 g/mol. The zero-order chi connectivity index (χ0) is 20.6. The van der Waals surface area contributed by atoms with E-state index in [9.17, 15) is 19.2 Å². The Labute approximate surface area is 167 Å². The summed E-state index contributed by atoms with van der Waals surface area (Å²) in [5.74, 6) is -0.542. The van der Waals surface area contributed by atoms with Crippen molar-refractivity contribution in [2.45, 2.75) is 19.3 Å². The number of ether oxygens (including phenoxy) is 2. The number of para-hydroxylation sites is 1. The minimum absolute atomic E-state index is 0.0308. The first-order chi connectivity index (χ1) is 14.0. The molecule has 1 fully saturated rings. The lowest BCUT2D eigenvalue weighted by Crippen LogP contribution is -2.32. The third-order valence-electron chi connectivity index (χ3n) is 4.16. The fourth-order valence-electron chi connectivity index (χ4n) is 2.75. The predicted octanol–water partition coefficient (Wildman–Crippen LogP) is 2.50. The Hall–Kier alpha value is -3.68. The Morgan fingerprint density at radius 2 is 1.62 bits per heavy atom. The molecular formula is C21H20N2O6. The van der Waals surface area contributed by atoms with Gasteiger partial charge in [0, 0.05) is 31.1 Å². The normalized spacial score (nSPS) is 13.3. The second-order valence-electron chi connectivity index (χ2n) is 6.34. The van der Waals surface area contributed by atoms with Crippen LogP contribution in [0.3, 0.4) is 0 Å². The van der Waals surface area contributed by atoms with E-state index in [0.29, 0.717) is 17.2 Å². The molecule has 1 N–H and O–H groups in total. The van der Waals surface area contributed by atoms with Gasteiger partial charge in [-0.3, -0.25) is 24.1 Å². The van der Waals surface area contributed by atoms with Crippen LogP contribution in [0.25, 0.3) is 0 Å². The number of nitrogens with one attached hydrogen (secondary N) is 1. The number of rotatable bonds is 8. The third kappa shape index (κ3) is 5.90. The number of carbonyl (C=O) groups excluding carboxylic acids is 4. The van der Waals surface area contributed by atoms with Crippen molar-refractivity contribution >= 4 is 29.4 Å². The minimum atomic E-state index is -0.659. The molecule has 2 aromatic rings. The summed E-state index contributed by atoms with van der Waals surface area (Å²) in [6, 6.07) is 16.0. The SMILES string of the molecule is O=C(COC(=O)CCN1C(=O)CCC1=O)Nc1cccc(Oc2ccccc2)c1. The Bertz CT molecular complexity index is 896. The van der Waals surface area contributed by atoms with Crippen LogP contribution in [0.5, 0.6) is 11.5 Å². The van der Waals surface area contributed by atoms with Crippen LogP contribution in [0.15, 0.2) is 54.6 Å². The summed E-state index contributed by atoms with van der Waals surface area (Å²) in [7, 11) is 0. The van der Waals surface area contributed by atoms with Crippen LogP contribution < -0.4 is 10.1 Å². The Morgan fingerprint density at radius 3 is 2.34 bits per heavy atom. The number of nitrogens with zero attached hydrogens (tertiary/aromatic N) is 1. The molecule has 0 aliphatic carbocycles. The summed E-state index contributed by atoms with van der Waals surface area (Å²) in [5, 5.41) is 2.62. The second kappa shape index (κ2) is 9.50. The molecule has 3 rings (SSSR count). The molecule has 150 valence electrons. The standard InChI is InChI=1S/C21H20N2O6/c24-18(14-28-21(27)11-12-23-19(25)9-10-20(23)26)22-15-5-4-8-17(13-15)29-16-6-2-1-3-7-16/h1-8,13H,9-12,14H2,(H,22,24). The molecular weight excluding hydrogens is 376 g/mol. The molecule has 8 heteroatoms. The van der Waals surface area contributed by atoms with Gasteiger partial charge in [-0.2, -0.15) is 0 Å². The molecule has 1 aliphatic heterocycles. The first-order valence-electron chi connectivity index (χ1n) is 9.13. The molecule has 3 amide bonds. The molecule has 1 heterocycles. The van der Waals surface area contributed by atoms with Crippen molar-refractivity contribution in [2.75, 3.05) is 18.5 Å². The number of likely N-dealkylation sites (tertiary alicyclic amines) is 1. The Kier molecular flexibility index (Phi) is 6.57. The van der Waals surface area contributed by atoms with E-state index in [2.05, 4.69) is 5.32 Å². The molecule has 0 spiro atoms. The number of amides is 3. The molecule has 0 aromatic heterocycles. The lowest BCUT2D eigenvalue weighted by Gasteiger charge is -2.13. The van der Waals surface area contributed by atoms with Gasteiger partial charge in [0.1, 0.15) is 11.5 Å². The predicted molar refractivity (Wildman–Crippen MR) is 103 cm³/mol. The highest BCUT2D eigenvalue weighted by molar-refractivity contribution is 6.02. The largest absolute Gasteiger partial charge is 0.457 e. The van der Waals surface area contributed by atoms with Gasteiger partial charge in [-0.25, -0.2) is 0 Å². The van der Waals surface area contributed by atoms with Crippen LogP contribution in [0, 0.1) is 0 Å². The summed E-state index contributed by atoms with van der Waals surface area (Å²) < 4.78 is 10.6. The van der Waals surface area contributed by atoms with Crippen molar-refractivity contribution in [1.29, 1.82) is 0 Å². The summed E-state index contributed by atoms with van der Waals surface area (Å²) in [6.45, 7) is -0.499. The molecule has 0 atom stereocenters. The molecule has 2 aromatic carbocycles. The maximum Gasteiger partial charge on any atom is 0.308 e.